The molecule has 0 spiro atoms. The molecule has 1 aliphatic heterocycles. The Labute approximate surface area is 92.3 Å². The van der Waals surface area contributed by atoms with Crippen LogP contribution in [-0.4, -0.2) is 18.8 Å². The van der Waals surface area contributed by atoms with Crippen LogP contribution in [0.3, 0.4) is 0 Å². The molecule has 1 N–H and O–H groups in total. The van der Waals surface area contributed by atoms with Gasteiger partial charge >= 0.3 is 0 Å². The van der Waals surface area contributed by atoms with Gasteiger partial charge in [-0.1, -0.05) is 6.07 Å². The summed E-state index contributed by atoms with van der Waals surface area (Å²) in [6.45, 7) is 2.07. The largest absolute Gasteiger partial charge is 0.316 e. The van der Waals surface area contributed by atoms with Crippen LogP contribution in [0.15, 0.2) is 18.2 Å². The van der Waals surface area contributed by atoms with Gasteiger partial charge in [0.2, 0.25) is 0 Å². The Hall–Kier alpha value is -0.610. The maximum Gasteiger partial charge on any atom is 0.130 e. The molecule has 0 aromatic heterocycles. The van der Waals surface area contributed by atoms with E-state index >= 15 is 0 Å². The maximum atomic E-state index is 13.2. The molecule has 1 aromatic rings. The number of nitrogens with one attached hydrogen (secondary N) is 1. The van der Waals surface area contributed by atoms with Gasteiger partial charge in [0.05, 0.1) is 0 Å². The number of benzene rings is 1. The number of thioether (sulfide) groups is 1. The zero-order valence-electron chi connectivity index (χ0n) is 8.30. The fourth-order valence-electron chi connectivity index (χ4n) is 1.46. The van der Waals surface area contributed by atoms with Crippen molar-refractivity contribution in [3.63, 3.8) is 0 Å². The lowest BCUT2D eigenvalue weighted by Gasteiger charge is -2.26. The van der Waals surface area contributed by atoms with Crippen LogP contribution in [0, 0.1) is 17.6 Å². The monoisotopic (exact) mass is 229 g/mol. The fourth-order valence-corrected chi connectivity index (χ4v) is 2.63. The van der Waals surface area contributed by atoms with Crippen molar-refractivity contribution in [1.29, 1.82) is 0 Å². The highest BCUT2D eigenvalue weighted by atomic mass is 32.2. The van der Waals surface area contributed by atoms with Gasteiger partial charge < -0.3 is 5.32 Å². The van der Waals surface area contributed by atoms with Crippen molar-refractivity contribution < 1.29 is 8.78 Å². The van der Waals surface area contributed by atoms with E-state index in [9.17, 15) is 8.78 Å². The highest BCUT2D eigenvalue weighted by Crippen LogP contribution is 2.21. The predicted octanol–water partition coefficient (Wildman–Crippen LogP) is 2.42. The van der Waals surface area contributed by atoms with E-state index in [1.54, 1.807) is 11.8 Å². The average Bonchev–Trinajstić information content (AvgIpc) is 2.13. The third kappa shape index (κ3) is 2.69. The molecule has 4 heteroatoms. The molecular formula is C11H13F2NS. The third-order valence-corrected chi connectivity index (χ3v) is 3.73. The molecule has 1 aliphatic rings. The molecule has 1 fully saturated rings. The number of rotatable bonds is 4. The Morgan fingerprint density at radius 1 is 1.27 bits per heavy atom. The minimum absolute atomic E-state index is 0.204. The molecule has 1 nitrogen and oxygen atoms in total. The molecule has 0 saturated carbocycles. The van der Waals surface area contributed by atoms with Crippen LogP contribution in [0.4, 0.5) is 8.78 Å². The molecule has 0 aliphatic carbocycles. The molecule has 0 bridgehead atoms. The molecule has 0 amide bonds. The summed E-state index contributed by atoms with van der Waals surface area (Å²) in [7, 11) is 0. The summed E-state index contributed by atoms with van der Waals surface area (Å²) in [6, 6.07) is 4.02. The van der Waals surface area contributed by atoms with Gasteiger partial charge in [-0.3, -0.25) is 0 Å². The Morgan fingerprint density at radius 3 is 2.47 bits per heavy atom. The van der Waals surface area contributed by atoms with E-state index in [0.29, 0.717) is 11.7 Å². The van der Waals surface area contributed by atoms with Gasteiger partial charge in [-0.25, -0.2) is 8.78 Å². The van der Waals surface area contributed by atoms with Crippen molar-refractivity contribution in [3.8, 4) is 0 Å². The molecule has 1 heterocycles. The molecule has 0 unspecified atom stereocenters. The van der Waals surface area contributed by atoms with Gasteiger partial charge in [0.15, 0.2) is 0 Å². The normalized spacial score (nSPS) is 16.4. The summed E-state index contributed by atoms with van der Waals surface area (Å²) in [6.07, 6.45) is 0. The topological polar surface area (TPSA) is 12.0 Å². The highest BCUT2D eigenvalue weighted by molar-refractivity contribution is 7.98. The summed E-state index contributed by atoms with van der Waals surface area (Å²) in [5.74, 6) is 1.20. The average molecular weight is 229 g/mol. The van der Waals surface area contributed by atoms with Gasteiger partial charge in [0.1, 0.15) is 11.6 Å². The van der Waals surface area contributed by atoms with Crippen LogP contribution in [0.1, 0.15) is 5.56 Å². The molecule has 0 radical (unpaired) electrons. The lowest BCUT2D eigenvalue weighted by atomic mass is 10.1. The minimum Gasteiger partial charge on any atom is -0.316 e. The minimum atomic E-state index is -0.436. The summed E-state index contributed by atoms with van der Waals surface area (Å²) in [5.41, 5.74) is 0.204. The van der Waals surface area contributed by atoms with Crippen LogP contribution in [0.25, 0.3) is 0 Å². The van der Waals surface area contributed by atoms with Crippen molar-refractivity contribution in [3.05, 3.63) is 35.4 Å². The predicted molar refractivity (Wildman–Crippen MR) is 58.9 cm³/mol. The van der Waals surface area contributed by atoms with Crippen molar-refractivity contribution >= 4 is 11.8 Å². The molecule has 82 valence electrons. The van der Waals surface area contributed by atoms with Crippen molar-refractivity contribution in [2.45, 2.75) is 5.75 Å². The van der Waals surface area contributed by atoms with Crippen molar-refractivity contribution in [2.24, 2.45) is 5.92 Å². The maximum absolute atomic E-state index is 13.2. The summed E-state index contributed by atoms with van der Waals surface area (Å²) >= 11 is 1.60. The first-order chi connectivity index (χ1) is 7.27. The smallest absolute Gasteiger partial charge is 0.130 e. The molecule has 15 heavy (non-hydrogen) atoms. The first-order valence-electron chi connectivity index (χ1n) is 4.98. The number of hydrogen-bond acceptors (Lipinski definition) is 2. The Morgan fingerprint density at radius 2 is 1.93 bits per heavy atom. The zero-order valence-corrected chi connectivity index (χ0v) is 9.12. The Balaban J connectivity index is 1.86. The Bertz CT molecular complexity index is 319. The summed E-state index contributed by atoms with van der Waals surface area (Å²) < 4.78 is 26.4. The quantitative estimate of drug-likeness (QED) is 0.851. The van der Waals surface area contributed by atoms with Crippen LogP contribution in [-0.2, 0) is 5.75 Å². The zero-order chi connectivity index (χ0) is 10.7. The molecular weight excluding hydrogens is 216 g/mol. The van der Waals surface area contributed by atoms with Gasteiger partial charge in [-0.2, -0.15) is 11.8 Å². The van der Waals surface area contributed by atoms with Gasteiger partial charge in [0, 0.05) is 11.3 Å². The summed E-state index contributed by atoms with van der Waals surface area (Å²) in [5, 5.41) is 3.17. The number of halogens is 2. The first kappa shape index (κ1) is 10.9. The van der Waals surface area contributed by atoms with E-state index in [4.69, 9.17) is 0 Å². The van der Waals surface area contributed by atoms with Crippen LogP contribution < -0.4 is 5.32 Å². The fraction of sp³-hybridized carbons (Fsp3) is 0.455. The lowest BCUT2D eigenvalue weighted by molar-refractivity contribution is 0.385. The van der Waals surface area contributed by atoms with E-state index in [0.717, 1.165) is 18.8 Å². The van der Waals surface area contributed by atoms with Crippen LogP contribution >= 0.6 is 11.8 Å². The molecule has 2 rings (SSSR count). The Kier molecular flexibility index (Phi) is 3.59. The van der Waals surface area contributed by atoms with Gasteiger partial charge in [-0.15, -0.1) is 0 Å². The first-order valence-corrected chi connectivity index (χ1v) is 6.14. The van der Waals surface area contributed by atoms with E-state index in [1.807, 2.05) is 0 Å². The van der Waals surface area contributed by atoms with Gasteiger partial charge in [-0.05, 0) is 36.9 Å². The second-order valence-electron chi connectivity index (χ2n) is 3.74. The third-order valence-electron chi connectivity index (χ3n) is 2.53. The van der Waals surface area contributed by atoms with Crippen molar-refractivity contribution in [2.75, 3.05) is 18.8 Å². The molecule has 0 atom stereocenters. The molecule has 1 saturated heterocycles. The SMILES string of the molecule is Fc1cccc(F)c1CSCC1CNC1. The molecule has 1 aromatic carbocycles. The second-order valence-corrected chi connectivity index (χ2v) is 4.77. The number of hydrogen-bond donors (Lipinski definition) is 1. The highest BCUT2D eigenvalue weighted by Gasteiger charge is 2.17. The van der Waals surface area contributed by atoms with Crippen LogP contribution in [0.5, 0.6) is 0 Å². The van der Waals surface area contributed by atoms with E-state index < -0.39 is 11.6 Å². The van der Waals surface area contributed by atoms with E-state index in [1.165, 1.54) is 18.2 Å². The second kappa shape index (κ2) is 4.94. The van der Waals surface area contributed by atoms with Crippen LogP contribution in [0.2, 0.25) is 0 Å². The van der Waals surface area contributed by atoms with Crippen molar-refractivity contribution in [1.82, 2.24) is 5.32 Å². The standard InChI is InChI=1S/C11H13F2NS/c12-10-2-1-3-11(13)9(10)7-15-6-8-4-14-5-8/h1-3,8,14H,4-7H2. The van der Waals surface area contributed by atoms with Gasteiger partial charge in [0.25, 0.3) is 0 Å². The van der Waals surface area contributed by atoms with E-state index in [-0.39, 0.29) is 5.56 Å². The van der Waals surface area contributed by atoms with E-state index in [2.05, 4.69) is 5.32 Å². The summed E-state index contributed by atoms with van der Waals surface area (Å²) in [4.78, 5) is 0. The lowest BCUT2D eigenvalue weighted by Crippen LogP contribution is -2.43.